The third-order valence-corrected chi connectivity index (χ3v) is 7.67. The molecule has 1 aromatic carbocycles. The number of thiophene rings is 1. The van der Waals surface area contributed by atoms with Crippen LogP contribution in [0.2, 0.25) is 0 Å². The number of H-pyrrole nitrogens is 1. The number of anilines is 1. The van der Waals surface area contributed by atoms with E-state index in [4.69, 9.17) is 12.2 Å². The number of hydrogen-bond donors (Lipinski definition) is 2. The van der Waals surface area contributed by atoms with Gasteiger partial charge in [0, 0.05) is 25.7 Å². The third kappa shape index (κ3) is 4.52. The Morgan fingerprint density at radius 1 is 1.31 bits per heavy atom. The van der Waals surface area contributed by atoms with Crippen molar-refractivity contribution in [3.63, 3.8) is 0 Å². The van der Waals surface area contributed by atoms with E-state index in [9.17, 15) is 13.2 Å². The number of sulfonamides is 1. The van der Waals surface area contributed by atoms with Gasteiger partial charge in [-0.05, 0) is 61.3 Å². The van der Waals surface area contributed by atoms with Crippen molar-refractivity contribution in [2.24, 2.45) is 4.40 Å². The van der Waals surface area contributed by atoms with Gasteiger partial charge < -0.3 is 10.2 Å². The summed E-state index contributed by atoms with van der Waals surface area (Å²) in [6.45, 7) is 2.52. The van der Waals surface area contributed by atoms with E-state index in [0.717, 1.165) is 17.8 Å². The molecule has 0 saturated carbocycles. The van der Waals surface area contributed by atoms with E-state index in [-0.39, 0.29) is 10.8 Å². The molecule has 0 radical (unpaired) electrons. The molecule has 1 fully saturated rings. The first-order valence-electron chi connectivity index (χ1n) is 9.93. The van der Waals surface area contributed by atoms with Crippen LogP contribution < -0.4 is 5.32 Å². The fourth-order valence-corrected chi connectivity index (χ4v) is 5.51. The van der Waals surface area contributed by atoms with E-state index in [2.05, 4.69) is 19.9 Å². The number of nitrogens with zero attached hydrogens (tertiary/aromatic N) is 4. The van der Waals surface area contributed by atoms with Crippen molar-refractivity contribution in [2.75, 3.05) is 18.9 Å². The number of hydrogen-bond acceptors (Lipinski definition) is 6. The van der Waals surface area contributed by atoms with Crippen molar-refractivity contribution in [3.8, 4) is 10.7 Å². The smallest absolute Gasteiger partial charge is 0.283 e. The molecular weight excluding hydrogens is 468 g/mol. The third-order valence-electron chi connectivity index (χ3n) is 5.19. The SMILES string of the molecule is CC(C(=O)Nc1ccc(S(=O)(=O)/N=C2/CCCN2C)cc1)n1c(-c2cccs2)n[nH]c1=S. The molecule has 4 rings (SSSR count). The summed E-state index contributed by atoms with van der Waals surface area (Å²) < 4.78 is 31.1. The molecule has 2 N–H and O–H groups in total. The Balaban J connectivity index is 1.50. The Bertz CT molecular complexity index is 1310. The van der Waals surface area contributed by atoms with E-state index in [1.807, 2.05) is 29.5 Å². The van der Waals surface area contributed by atoms with Gasteiger partial charge in [-0.3, -0.25) is 14.5 Å². The number of rotatable bonds is 6. The summed E-state index contributed by atoms with van der Waals surface area (Å²) in [6.07, 6.45) is 1.54. The zero-order valence-corrected chi connectivity index (χ0v) is 19.9. The van der Waals surface area contributed by atoms with Gasteiger partial charge in [-0.15, -0.1) is 15.7 Å². The van der Waals surface area contributed by atoms with Crippen LogP contribution >= 0.6 is 23.6 Å². The average molecular weight is 491 g/mol. The van der Waals surface area contributed by atoms with Crippen LogP contribution in [0.4, 0.5) is 5.69 Å². The lowest BCUT2D eigenvalue weighted by atomic mass is 10.2. The first-order chi connectivity index (χ1) is 15.3. The molecular formula is C20H22N6O3S3. The van der Waals surface area contributed by atoms with Crippen molar-refractivity contribution in [2.45, 2.75) is 30.7 Å². The van der Waals surface area contributed by atoms with Crippen molar-refractivity contribution in [1.82, 2.24) is 19.7 Å². The number of amides is 1. The van der Waals surface area contributed by atoms with Gasteiger partial charge in [0.1, 0.15) is 11.9 Å². The molecule has 0 bridgehead atoms. The summed E-state index contributed by atoms with van der Waals surface area (Å²) in [6, 6.07) is 9.15. The second-order valence-corrected chi connectivity index (χ2v) is 10.3. The fraction of sp³-hybridized carbons (Fsp3) is 0.300. The Morgan fingerprint density at radius 2 is 2.06 bits per heavy atom. The molecule has 9 nitrogen and oxygen atoms in total. The van der Waals surface area contributed by atoms with Crippen molar-refractivity contribution in [1.29, 1.82) is 0 Å². The standard InChI is InChI=1S/C20H22N6O3S3/c1-13(26-18(22-23-20(26)30)16-5-4-12-31-16)19(27)21-14-7-9-15(10-8-14)32(28,29)24-17-6-3-11-25(17)2/h4-5,7-10,12-13H,3,6,11H2,1-2H3,(H,21,27)(H,23,30)/b24-17-. The molecule has 1 saturated heterocycles. The molecule has 1 aliphatic heterocycles. The predicted octanol–water partition coefficient (Wildman–Crippen LogP) is 3.68. The highest BCUT2D eigenvalue weighted by Gasteiger charge is 2.23. The molecule has 1 atom stereocenters. The maximum atomic E-state index is 12.9. The number of nitrogens with one attached hydrogen (secondary N) is 2. The van der Waals surface area contributed by atoms with Crippen molar-refractivity contribution >= 4 is 51.0 Å². The van der Waals surface area contributed by atoms with Crippen molar-refractivity contribution in [3.05, 3.63) is 46.5 Å². The number of benzene rings is 1. The van der Waals surface area contributed by atoms with Crippen LogP contribution in [-0.2, 0) is 14.8 Å². The van der Waals surface area contributed by atoms with Gasteiger partial charge in [0.25, 0.3) is 10.0 Å². The number of aromatic amines is 1. The molecule has 12 heteroatoms. The summed E-state index contributed by atoms with van der Waals surface area (Å²) >= 11 is 6.82. The number of amidine groups is 1. The highest BCUT2D eigenvalue weighted by molar-refractivity contribution is 7.90. The lowest BCUT2D eigenvalue weighted by molar-refractivity contribution is -0.118. The van der Waals surface area contributed by atoms with Gasteiger partial charge in [-0.25, -0.2) is 0 Å². The van der Waals surface area contributed by atoms with Gasteiger partial charge in [0.2, 0.25) is 5.91 Å². The monoisotopic (exact) mass is 490 g/mol. The van der Waals surface area contributed by atoms with Crippen LogP contribution in [0.3, 0.4) is 0 Å². The van der Waals surface area contributed by atoms with Crippen LogP contribution in [0.25, 0.3) is 10.7 Å². The fourth-order valence-electron chi connectivity index (χ4n) is 3.42. The first kappa shape index (κ1) is 22.4. The lowest BCUT2D eigenvalue weighted by Crippen LogP contribution is -2.24. The van der Waals surface area contributed by atoms with Gasteiger partial charge in [0.15, 0.2) is 10.6 Å². The van der Waals surface area contributed by atoms with Crippen LogP contribution in [0.1, 0.15) is 25.8 Å². The molecule has 3 heterocycles. The Morgan fingerprint density at radius 3 is 2.69 bits per heavy atom. The maximum Gasteiger partial charge on any atom is 0.283 e. The second kappa shape index (κ2) is 8.96. The van der Waals surface area contributed by atoms with E-state index < -0.39 is 16.1 Å². The van der Waals surface area contributed by atoms with Crippen LogP contribution in [0.5, 0.6) is 0 Å². The topological polar surface area (TPSA) is 112 Å². The quantitative estimate of drug-likeness (QED) is 0.510. The molecule has 1 amide bonds. The number of likely N-dealkylation sites (tertiary alicyclic amines) is 1. The minimum Gasteiger partial charge on any atom is -0.362 e. The number of aromatic nitrogens is 3. The summed E-state index contributed by atoms with van der Waals surface area (Å²) in [5.74, 6) is 0.850. The molecule has 2 aromatic heterocycles. The molecule has 32 heavy (non-hydrogen) atoms. The normalized spacial score (nSPS) is 16.4. The predicted molar refractivity (Wildman–Crippen MR) is 127 cm³/mol. The highest BCUT2D eigenvalue weighted by atomic mass is 32.2. The number of carbonyl (C=O) groups excluding carboxylic acids is 1. The maximum absolute atomic E-state index is 12.9. The minimum absolute atomic E-state index is 0.0772. The Hall–Kier alpha value is -2.83. The molecule has 0 aliphatic carbocycles. The van der Waals surface area contributed by atoms with Crippen LogP contribution in [-0.4, -0.2) is 53.4 Å². The number of carbonyl (C=O) groups is 1. The van der Waals surface area contributed by atoms with Gasteiger partial charge in [-0.2, -0.15) is 13.5 Å². The van der Waals surface area contributed by atoms with Gasteiger partial charge in [-0.1, -0.05) is 6.07 Å². The molecule has 3 aromatic rings. The van der Waals surface area contributed by atoms with Crippen molar-refractivity contribution < 1.29 is 13.2 Å². The highest BCUT2D eigenvalue weighted by Crippen LogP contribution is 2.26. The van der Waals surface area contributed by atoms with E-state index in [1.165, 1.54) is 23.5 Å². The summed E-state index contributed by atoms with van der Waals surface area (Å²) in [5, 5.41) is 11.7. The average Bonchev–Trinajstić information content (AvgIpc) is 3.50. The van der Waals surface area contributed by atoms with E-state index in [0.29, 0.717) is 28.5 Å². The van der Waals surface area contributed by atoms with Crippen LogP contribution in [0, 0.1) is 4.77 Å². The zero-order chi connectivity index (χ0) is 22.9. The zero-order valence-electron chi connectivity index (χ0n) is 17.5. The summed E-state index contributed by atoms with van der Waals surface area (Å²) in [4.78, 5) is 15.7. The van der Waals surface area contributed by atoms with E-state index >= 15 is 0 Å². The molecule has 1 unspecified atom stereocenters. The molecule has 0 spiro atoms. The first-order valence-corrected chi connectivity index (χ1v) is 12.7. The summed E-state index contributed by atoms with van der Waals surface area (Å²) in [5.41, 5.74) is 0.471. The van der Waals surface area contributed by atoms with Gasteiger partial charge in [0.05, 0.1) is 9.77 Å². The largest absolute Gasteiger partial charge is 0.362 e. The van der Waals surface area contributed by atoms with E-state index in [1.54, 1.807) is 23.6 Å². The van der Waals surface area contributed by atoms with Crippen LogP contribution in [0.15, 0.2) is 51.1 Å². The lowest BCUT2D eigenvalue weighted by Gasteiger charge is -2.15. The molecule has 1 aliphatic rings. The minimum atomic E-state index is -3.81. The second-order valence-electron chi connectivity index (χ2n) is 7.40. The van der Waals surface area contributed by atoms with Gasteiger partial charge >= 0.3 is 0 Å². The Kier molecular flexibility index (Phi) is 6.26. The Labute approximate surface area is 194 Å². The molecule has 168 valence electrons. The summed E-state index contributed by atoms with van der Waals surface area (Å²) in [7, 11) is -1.97.